The third-order valence-electron chi connectivity index (χ3n) is 3.57. The molecule has 0 N–H and O–H groups in total. The van der Waals surface area contributed by atoms with Crippen molar-refractivity contribution in [2.75, 3.05) is 31.1 Å². The predicted molar refractivity (Wildman–Crippen MR) is 79.4 cm³/mol. The fourth-order valence-corrected chi connectivity index (χ4v) is 2.47. The maximum absolute atomic E-state index is 12.2. The van der Waals surface area contributed by atoms with Gasteiger partial charge in [0, 0.05) is 31.6 Å². The second-order valence-corrected chi connectivity index (χ2v) is 6.16. The van der Waals surface area contributed by atoms with Gasteiger partial charge in [0.15, 0.2) is 0 Å². The zero-order valence-corrected chi connectivity index (χ0v) is 12.4. The van der Waals surface area contributed by atoms with Gasteiger partial charge in [0.05, 0.1) is 11.3 Å². The van der Waals surface area contributed by atoms with Crippen LogP contribution in [0.5, 0.6) is 0 Å². The van der Waals surface area contributed by atoms with Gasteiger partial charge in [-0.3, -0.25) is 4.79 Å². The number of rotatable bonds is 1. The van der Waals surface area contributed by atoms with Gasteiger partial charge in [0.25, 0.3) is 0 Å². The Bertz CT molecular complexity index is 531. The van der Waals surface area contributed by atoms with Crippen molar-refractivity contribution >= 4 is 11.6 Å². The van der Waals surface area contributed by atoms with Crippen molar-refractivity contribution < 1.29 is 4.79 Å². The molecule has 1 saturated heterocycles. The number of nitriles is 1. The highest BCUT2D eigenvalue weighted by Crippen LogP contribution is 2.23. The summed E-state index contributed by atoms with van der Waals surface area (Å²) in [6.07, 6.45) is 0. The van der Waals surface area contributed by atoms with Crippen LogP contribution in [-0.2, 0) is 4.79 Å². The van der Waals surface area contributed by atoms with Crippen molar-refractivity contribution in [3.63, 3.8) is 0 Å². The quantitative estimate of drug-likeness (QED) is 0.787. The molecule has 0 atom stereocenters. The second kappa shape index (κ2) is 5.54. The molecule has 106 valence electrons. The molecule has 0 radical (unpaired) electrons. The number of carbonyl (C=O) groups excluding carboxylic acids is 1. The van der Waals surface area contributed by atoms with Crippen molar-refractivity contribution in [3.05, 3.63) is 29.8 Å². The van der Waals surface area contributed by atoms with Crippen LogP contribution in [0.3, 0.4) is 0 Å². The van der Waals surface area contributed by atoms with Crippen molar-refractivity contribution in [2.45, 2.75) is 20.8 Å². The van der Waals surface area contributed by atoms with Gasteiger partial charge in [-0.1, -0.05) is 32.9 Å². The van der Waals surface area contributed by atoms with Crippen LogP contribution in [-0.4, -0.2) is 37.0 Å². The lowest BCUT2D eigenvalue weighted by atomic mass is 9.94. The molecule has 1 aliphatic heterocycles. The number of anilines is 1. The van der Waals surface area contributed by atoms with Crippen LogP contribution in [0.2, 0.25) is 0 Å². The van der Waals surface area contributed by atoms with Gasteiger partial charge >= 0.3 is 0 Å². The Hall–Kier alpha value is -2.02. The summed E-state index contributed by atoms with van der Waals surface area (Å²) in [6.45, 7) is 8.85. The highest BCUT2D eigenvalue weighted by molar-refractivity contribution is 5.81. The van der Waals surface area contributed by atoms with E-state index in [9.17, 15) is 4.79 Å². The SMILES string of the molecule is CC(C)(C)C(=O)N1CCN(c2ccccc2C#N)CC1. The minimum atomic E-state index is -0.327. The molecule has 0 aliphatic carbocycles. The first-order valence-electron chi connectivity index (χ1n) is 6.97. The van der Waals surface area contributed by atoms with Gasteiger partial charge in [-0.05, 0) is 12.1 Å². The van der Waals surface area contributed by atoms with E-state index in [-0.39, 0.29) is 11.3 Å². The highest BCUT2D eigenvalue weighted by atomic mass is 16.2. The Morgan fingerprint density at radius 2 is 1.75 bits per heavy atom. The van der Waals surface area contributed by atoms with Crippen molar-refractivity contribution in [2.24, 2.45) is 5.41 Å². The van der Waals surface area contributed by atoms with Crippen LogP contribution in [0, 0.1) is 16.7 Å². The number of piperazine rings is 1. The zero-order chi connectivity index (χ0) is 14.8. The highest BCUT2D eigenvalue weighted by Gasteiger charge is 2.30. The number of nitrogens with zero attached hydrogens (tertiary/aromatic N) is 3. The first-order valence-corrected chi connectivity index (χ1v) is 6.97. The third-order valence-corrected chi connectivity index (χ3v) is 3.57. The molecule has 0 saturated carbocycles. The lowest BCUT2D eigenvalue weighted by Crippen LogP contribution is -2.51. The molecule has 1 aromatic carbocycles. The molecule has 0 spiro atoms. The van der Waals surface area contributed by atoms with E-state index in [1.807, 2.05) is 49.9 Å². The van der Waals surface area contributed by atoms with Crippen LogP contribution in [0.25, 0.3) is 0 Å². The Labute approximate surface area is 120 Å². The molecular formula is C16H21N3O. The molecule has 4 heteroatoms. The summed E-state index contributed by atoms with van der Waals surface area (Å²) in [4.78, 5) is 16.3. The molecule has 0 aromatic heterocycles. The summed E-state index contributed by atoms with van der Waals surface area (Å²) in [7, 11) is 0. The number of carbonyl (C=O) groups is 1. The van der Waals surface area contributed by atoms with E-state index in [0.29, 0.717) is 5.56 Å². The molecule has 0 bridgehead atoms. The first kappa shape index (κ1) is 14.4. The maximum atomic E-state index is 12.2. The van der Waals surface area contributed by atoms with E-state index in [4.69, 9.17) is 5.26 Å². The summed E-state index contributed by atoms with van der Waals surface area (Å²) in [5.41, 5.74) is 1.34. The smallest absolute Gasteiger partial charge is 0.228 e. The van der Waals surface area contributed by atoms with Gasteiger partial charge < -0.3 is 9.80 Å². The standard InChI is InChI=1S/C16H21N3O/c1-16(2,3)15(20)19-10-8-18(9-11-19)14-7-5-4-6-13(14)12-17/h4-7H,8-11H2,1-3H3. The number of para-hydroxylation sites is 1. The predicted octanol–water partition coefficient (Wildman–Crippen LogP) is 2.25. The monoisotopic (exact) mass is 271 g/mol. The topological polar surface area (TPSA) is 47.3 Å². The number of amides is 1. The summed E-state index contributed by atoms with van der Waals surface area (Å²) >= 11 is 0. The average molecular weight is 271 g/mol. The summed E-state index contributed by atoms with van der Waals surface area (Å²) in [5, 5.41) is 9.15. The lowest BCUT2D eigenvalue weighted by Gasteiger charge is -2.38. The number of benzene rings is 1. The Morgan fingerprint density at radius 3 is 2.30 bits per heavy atom. The van der Waals surface area contributed by atoms with Crippen LogP contribution in [0.4, 0.5) is 5.69 Å². The molecule has 2 rings (SSSR count). The fraction of sp³-hybridized carbons (Fsp3) is 0.500. The van der Waals surface area contributed by atoms with Gasteiger partial charge in [0.2, 0.25) is 5.91 Å². The van der Waals surface area contributed by atoms with E-state index >= 15 is 0 Å². The number of hydrogen-bond donors (Lipinski definition) is 0. The Kier molecular flexibility index (Phi) is 3.99. The van der Waals surface area contributed by atoms with Gasteiger partial charge in [-0.25, -0.2) is 0 Å². The molecule has 1 fully saturated rings. The van der Waals surface area contributed by atoms with Gasteiger partial charge in [0.1, 0.15) is 6.07 Å². The van der Waals surface area contributed by atoms with E-state index < -0.39 is 0 Å². The second-order valence-electron chi connectivity index (χ2n) is 6.16. The minimum absolute atomic E-state index is 0.200. The minimum Gasteiger partial charge on any atom is -0.367 e. The molecule has 4 nitrogen and oxygen atoms in total. The molecule has 1 aliphatic rings. The van der Waals surface area contributed by atoms with Crippen LogP contribution in [0.1, 0.15) is 26.3 Å². The normalized spacial score (nSPS) is 15.9. The lowest BCUT2D eigenvalue weighted by molar-refractivity contribution is -0.139. The van der Waals surface area contributed by atoms with E-state index in [1.165, 1.54) is 0 Å². The van der Waals surface area contributed by atoms with E-state index in [0.717, 1.165) is 31.9 Å². The Balaban J connectivity index is 2.05. The van der Waals surface area contributed by atoms with Crippen molar-refractivity contribution in [3.8, 4) is 6.07 Å². The van der Waals surface area contributed by atoms with Gasteiger partial charge in [-0.15, -0.1) is 0 Å². The molecule has 1 aromatic rings. The molecular weight excluding hydrogens is 250 g/mol. The molecule has 1 heterocycles. The van der Waals surface area contributed by atoms with Crippen LogP contribution < -0.4 is 4.90 Å². The van der Waals surface area contributed by atoms with Crippen LogP contribution >= 0.6 is 0 Å². The van der Waals surface area contributed by atoms with E-state index in [1.54, 1.807) is 0 Å². The fourth-order valence-electron chi connectivity index (χ4n) is 2.47. The molecule has 20 heavy (non-hydrogen) atoms. The summed E-state index contributed by atoms with van der Waals surface area (Å²) in [5.74, 6) is 0.200. The summed E-state index contributed by atoms with van der Waals surface area (Å²) < 4.78 is 0. The van der Waals surface area contributed by atoms with Crippen LogP contribution in [0.15, 0.2) is 24.3 Å². The van der Waals surface area contributed by atoms with E-state index in [2.05, 4.69) is 11.0 Å². The average Bonchev–Trinajstić information content (AvgIpc) is 2.45. The van der Waals surface area contributed by atoms with Gasteiger partial charge in [-0.2, -0.15) is 5.26 Å². The summed E-state index contributed by atoms with van der Waals surface area (Å²) in [6, 6.07) is 9.86. The third kappa shape index (κ3) is 2.93. The van der Waals surface area contributed by atoms with Crippen molar-refractivity contribution in [1.82, 2.24) is 4.90 Å². The molecule has 1 amide bonds. The zero-order valence-electron chi connectivity index (χ0n) is 12.4. The van der Waals surface area contributed by atoms with Crippen molar-refractivity contribution in [1.29, 1.82) is 5.26 Å². The first-order chi connectivity index (χ1) is 9.43. The largest absolute Gasteiger partial charge is 0.367 e. The Morgan fingerprint density at radius 1 is 1.15 bits per heavy atom. The molecule has 0 unspecified atom stereocenters. The maximum Gasteiger partial charge on any atom is 0.228 e. The number of hydrogen-bond acceptors (Lipinski definition) is 3.